The average Bonchev–Trinajstić information content (AvgIpc) is 2.60. The first-order valence-corrected chi connectivity index (χ1v) is 5.94. The van der Waals surface area contributed by atoms with Crippen LogP contribution in [0.4, 0.5) is 5.69 Å². The number of para-hydroxylation sites is 1. The first kappa shape index (κ1) is 12.0. The molecule has 2 aromatic rings. The molecule has 0 saturated heterocycles. The number of aryl methyl sites for hydroxylation is 2. The molecule has 1 aromatic carbocycles. The van der Waals surface area contributed by atoms with Crippen LogP contribution in [0.1, 0.15) is 16.8 Å². The molecule has 1 N–H and O–H groups in total. The van der Waals surface area contributed by atoms with E-state index in [4.69, 9.17) is 11.6 Å². The zero-order valence-corrected chi connectivity index (χ0v) is 11.0. The lowest BCUT2D eigenvalue weighted by molar-refractivity contribution is 0.738. The number of rotatable bonds is 3. The van der Waals surface area contributed by atoms with Crippen LogP contribution in [0.2, 0.25) is 5.02 Å². The van der Waals surface area contributed by atoms with Gasteiger partial charge in [-0.2, -0.15) is 5.10 Å². The Hall–Kier alpha value is -1.48. The molecule has 0 aliphatic carbocycles. The van der Waals surface area contributed by atoms with E-state index in [1.54, 1.807) is 0 Å². The molecule has 0 aliphatic heterocycles. The van der Waals surface area contributed by atoms with Crippen LogP contribution in [-0.4, -0.2) is 9.78 Å². The summed E-state index contributed by atoms with van der Waals surface area (Å²) in [7, 11) is 1.94. The van der Waals surface area contributed by atoms with Crippen molar-refractivity contribution >= 4 is 17.3 Å². The van der Waals surface area contributed by atoms with Crippen molar-refractivity contribution in [3.8, 4) is 0 Å². The fourth-order valence-electron chi connectivity index (χ4n) is 1.76. The number of hydrogen-bond donors (Lipinski definition) is 1. The standard InChI is InChI=1S/C13H16ClN3/c1-9-5-4-6-12(14)13(9)15-7-11-8-16-17(3)10(11)2/h4-6,8,15H,7H2,1-3H3. The van der Waals surface area contributed by atoms with Gasteiger partial charge in [-0.15, -0.1) is 0 Å². The fourth-order valence-corrected chi connectivity index (χ4v) is 2.05. The van der Waals surface area contributed by atoms with Crippen molar-refractivity contribution in [1.29, 1.82) is 0 Å². The van der Waals surface area contributed by atoms with Crippen LogP contribution >= 0.6 is 11.6 Å². The number of benzene rings is 1. The highest BCUT2D eigenvalue weighted by Crippen LogP contribution is 2.25. The molecule has 0 fully saturated rings. The summed E-state index contributed by atoms with van der Waals surface area (Å²) in [6.07, 6.45) is 1.88. The Labute approximate surface area is 106 Å². The van der Waals surface area contributed by atoms with Crippen molar-refractivity contribution in [2.24, 2.45) is 7.05 Å². The second-order valence-corrected chi connectivity index (χ2v) is 4.57. The third-order valence-electron chi connectivity index (χ3n) is 3.01. The van der Waals surface area contributed by atoms with Gasteiger partial charge in [0.1, 0.15) is 0 Å². The van der Waals surface area contributed by atoms with Gasteiger partial charge in [0, 0.05) is 24.8 Å². The molecule has 0 saturated carbocycles. The van der Waals surface area contributed by atoms with Gasteiger partial charge in [-0.1, -0.05) is 23.7 Å². The van der Waals surface area contributed by atoms with E-state index in [-0.39, 0.29) is 0 Å². The highest BCUT2D eigenvalue weighted by atomic mass is 35.5. The normalized spacial score (nSPS) is 10.6. The predicted octanol–water partition coefficient (Wildman–Crippen LogP) is 3.30. The molecule has 0 bridgehead atoms. The summed E-state index contributed by atoms with van der Waals surface area (Å²) in [4.78, 5) is 0. The summed E-state index contributed by atoms with van der Waals surface area (Å²) in [6, 6.07) is 5.90. The summed E-state index contributed by atoms with van der Waals surface area (Å²) in [5, 5.41) is 8.34. The molecule has 0 radical (unpaired) electrons. The van der Waals surface area contributed by atoms with E-state index in [1.807, 2.05) is 43.0 Å². The zero-order chi connectivity index (χ0) is 12.4. The Balaban J connectivity index is 2.15. The third-order valence-corrected chi connectivity index (χ3v) is 3.33. The van der Waals surface area contributed by atoms with Crippen molar-refractivity contribution in [1.82, 2.24) is 9.78 Å². The summed E-state index contributed by atoms with van der Waals surface area (Å²) >= 11 is 6.16. The molecule has 0 atom stereocenters. The number of anilines is 1. The Morgan fingerprint density at radius 1 is 1.35 bits per heavy atom. The van der Waals surface area contributed by atoms with E-state index in [0.717, 1.165) is 22.8 Å². The van der Waals surface area contributed by atoms with Crippen molar-refractivity contribution < 1.29 is 0 Å². The molecule has 3 nitrogen and oxygen atoms in total. The second kappa shape index (κ2) is 4.80. The van der Waals surface area contributed by atoms with Crippen LogP contribution in [-0.2, 0) is 13.6 Å². The number of nitrogens with one attached hydrogen (secondary N) is 1. The van der Waals surface area contributed by atoms with Gasteiger partial charge >= 0.3 is 0 Å². The molecule has 17 heavy (non-hydrogen) atoms. The molecule has 2 rings (SSSR count). The van der Waals surface area contributed by atoms with Crippen LogP contribution < -0.4 is 5.32 Å². The maximum Gasteiger partial charge on any atom is 0.0640 e. The lowest BCUT2D eigenvalue weighted by Gasteiger charge is -2.11. The van der Waals surface area contributed by atoms with Gasteiger partial charge in [0.15, 0.2) is 0 Å². The number of aromatic nitrogens is 2. The average molecular weight is 250 g/mol. The maximum absolute atomic E-state index is 6.16. The van der Waals surface area contributed by atoms with Gasteiger partial charge in [-0.3, -0.25) is 4.68 Å². The van der Waals surface area contributed by atoms with Gasteiger partial charge < -0.3 is 5.32 Å². The molecule has 90 valence electrons. The first-order chi connectivity index (χ1) is 8.09. The topological polar surface area (TPSA) is 29.9 Å². The zero-order valence-electron chi connectivity index (χ0n) is 10.3. The SMILES string of the molecule is Cc1cccc(Cl)c1NCc1cnn(C)c1C. The van der Waals surface area contributed by atoms with E-state index < -0.39 is 0 Å². The molecule has 1 aromatic heterocycles. The van der Waals surface area contributed by atoms with Crippen LogP contribution in [0.3, 0.4) is 0 Å². The minimum Gasteiger partial charge on any atom is -0.379 e. The monoisotopic (exact) mass is 249 g/mol. The van der Waals surface area contributed by atoms with E-state index in [1.165, 1.54) is 11.3 Å². The Morgan fingerprint density at radius 3 is 2.71 bits per heavy atom. The lowest BCUT2D eigenvalue weighted by Crippen LogP contribution is -2.03. The number of hydrogen-bond acceptors (Lipinski definition) is 2. The third kappa shape index (κ3) is 2.44. The number of nitrogens with zero attached hydrogens (tertiary/aromatic N) is 2. The highest BCUT2D eigenvalue weighted by Gasteiger charge is 2.06. The van der Waals surface area contributed by atoms with Crippen molar-refractivity contribution in [2.45, 2.75) is 20.4 Å². The Bertz CT molecular complexity index is 511. The maximum atomic E-state index is 6.16. The van der Waals surface area contributed by atoms with Crippen molar-refractivity contribution in [2.75, 3.05) is 5.32 Å². The minimum atomic E-state index is 0.740. The first-order valence-electron chi connectivity index (χ1n) is 5.56. The molecule has 0 amide bonds. The van der Waals surface area contributed by atoms with Gasteiger partial charge in [-0.05, 0) is 25.5 Å². The van der Waals surface area contributed by atoms with E-state index in [2.05, 4.69) is 17.3 Å². The van der Waals surface area contributed by atoms with E-state index in [0.29, 0.717) is 0 Å². The number of halogens is 1. The quantitative estimate of drug-likeness (QED) is 0.905. The molecular formula is C13H16ClN3. The van der Waals surface area contributed by atoms with E-state index in [9.17, 15) is 0 Å². The minimum absolute atomic E-state index is 0.740. The molecule has 0 unspecified atom stereocenters. The van der Waals surface area contributed by atoms with Crippen LogP contribution in [0.5, 0.6) is 0 Å². The molecule has 0 aliphatic rings. The molecule has 4 heteroatoms. The van der Waals surface area contributed by atoms with Crippen LogP contribution in [0.15, 0.2) is 24.4 Å². The smallest absolute Gasteiger partial charge is 0.0640 e. The van der Waals surface area contributed by atoms with Crippen molar-refractivity contribution in [3.63, 3.8) is 0 Å². The van der Waals surface area contributed by atoms with Gasteiger partial charge in [0.05, 0.1) is 16.9 Å². The highest BCUT2D eigenvalue weighted by molar-refractivity contribution is 6.33. The van der Waals surface area contributed by atoms with Gasteiger partial charge in [0.25, 0.3) is 0 Å². The van der Waals surface area contributed by atoms with E-state index >= 15 is 0 Å². The van der Waals surface area contributed by atoms with Crippen LogP contribution in [0.25, 0.3) is 0 Å². The van der Waals surface area contributed by atoms with Gasteiger partial charge in [-0.25, -0.2) is 0 Å². The Kier molecular flexibility index (Phi) is 3.38. The van der Waals surface area contributed by atoms with Crippen LogP contribution in [0, 0.1) is 13.8 Å². The second-order valence-electron chi connectivity index (χ2n) is 4.16. The summed E-state index contributed by atoms with van der Waals surface area (Å²) < 4.78 is 1.87. The summed E-state index contributed by atoms with van der Waals surface area (Å²) in [6.45, 7) is 4.85. The summed E-state index contributed by atoms with van der Waals surface area (Å²) in [5.74, 6) is 0. The lowest BCUT2D eigenvalue weighted by atomic mass is 10.2. The molecule has 0 spiro atoms. The largest absolute Gasteiger partial charge is 0.379 e. The molecule has 1 heterocycles. The molecular weight excluding hydrogens is 234 g/mol. The Morgan fingerprint density at radius 2 is 2.12 bits per heavy atom. The van der Waals surface area contributed by atoms with Gasteiger partial charge in [0.2, 0.25) is 0 Å². The summed E-state index contributed by atoms with van der Waals surface area (Å²) in [5.41, 5.74) is 4.51. The van der Waals surface area contributed by atoms with Crippen molar-refractivity contribution in [3.05, 3.63) is 46.2 Å². The fraction of sp³-hybridized carbons (Fsp3) is 0.308. The predicted molar refractivity (Wildman–Crippen MR) is 71.5 cm³/mol.